The van der Waals surface area contributed by atoms with E-state index in [-0.39, 0.29) is 23.7 Å². The highest BCUT2D eigenvalue weighted by Gasteiger charge is 2.27. The molecule has 0 aliphatic carbocycles. The van der Waals surface area contributed by atoms with Crippen LogP contribution in [0.15, 0.2) is 30.9 Å². The Morgan fingerprint density at radius 2 is 1.71 bits per heavy atom. The van der Waals surface area contributed by atoms with Crippen LogP contribution in [0.4, 0.5) is 9.59 Å². The van der Waals surface area contributed by atoms with Crippen LogP contribution in [0.5, 0.6) is 0 Å². The van der Waals surface area contributed by atoms with Crippen LogP contribution in [-0.2, 0) is 20.6 Å². The van der Waals surface area contributed by atoms with Gasteiger partial charge in [-0.2, -0.15) is 0 Å². The van der Waals surface area contributed by atoms with E-state index in [1.807, 2.05) is 6.07 Å². The first-order valence-corrected chi connectivity index (χ1v) is 11.2. The first-order chi connectivity index (χ1) is 16.2. The van der Waals surface area contributed by atoms with Gasteiger partial charge in [-0.15, -0.1) is 0 Å². The fourth-order valence-corrected chi connectivity index (χ4v) is 3.10. The van der Waals surface area contributed by atoms with Gasteiger partial charge in [0.2, 0.25) is 0 Å². The molecule has 0 aliphatic rings. The van der Waals surface area contributed by atoms with E-state index in [0.29, 0.717) is 23.9 Å². The molecule has 2 amide bonds. The molecular formula is C25H34N4O6. The fraction of sp³-hybridized carbons (Fsp3) is 0.440. The van der Waals surface area contributed by atoms with Gasteiger partial charge in [0, 0.05) is 17.4 Å². The third-order valence-electron chi connectivity index (χ3n) is 4.36. The highest BCUT2D eigenvalue weighted by molar-refractivity contribution is 6.18. The van der Waals surface area contributed by atoms with Gasteiger partial charge in [0.15, 0.2) is 0 Å². The van der Waals surface area contributed by atoms with Gasteiger partial charge in [-0.05, 0) is 65.7 Å². The Morgan fingerprint density at radius 1 is 1.06 bits per heavy atom. The van der Waals surface area contributed by atoms with Crippen LogP contribution >= 0.6 is 0 Å². The van der Waals surface area contributed by atoms with Crippen molar-refractivity contribution in [1.29, 1.82) is 5.41 Å². The summed E-state index contributed by atoms with van der Waals surface area (Å²) in [5.41, 5.74) is 0.121. The standard InChI is InChI=1S/C25H34N4O6/c1-8-13-33-22(31)27-12-11-15-9-10-17-16(14-15)18(19(28-17)21(30)34-24(2,3)4)20(26)29-23(32)35-25(5,6)7/h8-10,14,28H,1,11-13H2,2-7H3,(H,27,31)(H2,26,29,32). The van der Waals surface area contributed by atoms with E-state index in [0.717, 1.165) is 5.56 Å². The summed E-state index contributed by atoms with van der Waals surface area (Å²) in [6, 6.07) is 5.39. The molecule has 4 N–H and O–H groups in total. The number of hydrogen-bond acceptors (Lipinski definition) is 7. The minimum atomic E-state index is -0.814. The molecule has 10 nitrogen and oxygen atoms in total. The zero-order valence-corrected chi connectivity index (χ0v) is 21.1. The lowest BCUT2D eigenvalue weighted by atomic mass is 10.0. The predicted molar refractivity (Wildman–Crippen MR) is 133 cm³/mol. The minimum Gasteiger partial charge on any atom is -0.455 e. The molecule has 0 radical (unpaired) electrons. The maximum absolute atomic E-state index is 12.9. The van der Waals surface area contributed by atoms with E-state index in [1.165, 1.54) is 6.08 Å². The number of hydrogen-bond donors (Lipinski definition) is 4. The van der Waals surface area contributed by atoms with Crippen LogP contribution in [0.2, 0.25) is 0 Å². The number of esters is 1. The number of aromatic amines is 1. The molecule has 1 aromatic heterocycles. The number of nitrogens with one attached hydrogen (secondary N) is 4. The SMILES string of the molecule is C=CCOC(=O)NCCc1ccc2[nH]c(C(=O)OC(C)(C)C)c(C(=N)NC(=O)OC(C)(C)C)c2c1. The zero-order valence-electron chi connectivity index (χ0n) is 21.1. The van der Waals surface area contributed by atoms with Crippen molar-refractivity contribution in [2.75, 3.05) is 13.2 Å². The largest absolute Gasteiger partial charge is 0.455 e. The van der Waals surface area contributed by atoms with Crippen molar-refractivity contribution in [3.8, 4) is 0 Å². The lowest BCUT2D eigenvalue weighted by Crippen LogP contribution is -2.37. The Kier molecular flexibility index (Phi) is 8.67. The van der Waals surface area contributed by atoms with Gasteiger partial charge in [-0.1, -0.05) is 18.7 Å². The van der Waals surface area contributed by atoms with E-state index in [1.54, 1.807) is 53.7 Å². The van der Waals surface area contributed by atoms with Crippen LogP contribution < -0.4 is 10.6 Å². The number of carbonyl (C=O) groups is 3. The Labute approximate surface area is 204 Å². The molecule has 10 heteroatoms. The summed E-state index contributed by atoms with van der Waals surface area (Å²) in [5, 5.41) is 14.1. The molecule has 190 valence electrons. The number of amidine groups is 1. The van der Waals surface area contributed by atoms with E-state index in [9.17, 15) is 14.4 Å². The molecule has 0 bridgehead atoms. The zero-order chi connectivity index (χ0) is 26.4. The summed E-state index contributed by atoms with van der Waals surface area (Å²) in [5.74, 6) is -0.970. The van der Waals surface area contributed by atoms with Crippen molar-refractivity contribution < 1.29 is 28.6 Å². The number of benzene rings is 1. The van der Waals surface area contributed by atoms with Gasteiger partial charge in [-0.25, -0.2) is 14.4 Å². The lowest BCUT2D eigenvalue weighted by Gasteiger charge is -2.21. The summed E-state index contributed by atoms with van der Waals surface area (Å²) in [7, 11) is 0. The van der Waals surface area contributed by atoms with Gasteiger partial charge < -0.3 is 24.5 Å². The maximum Gasteiger partial charge on any atom is 0.413 e. The molecule has 0 fully saturated rings. The molecule has 0 spiro atoms. The van der Waals surface area contributed by atoms with E-state index in [2.05, 4.69) is 22.2 Å². The Hall–Kier alpha value is -3.82. The monoisotopic (exact) mass is 486 g/mol. The average molecular weight is 487 g/mol. The molecule has 0 unspecified atom stereocenters. The van der Waals surface area contributed by atoms with Gasteiger partial charge in [0.25, 0.3) is 0 Å². The summed E-state index contributed by atoms with van der Waals surface area (Å²) >= 11 is 0. The van der Waals surface area contributed by atoms with Crippen molar-refractivity contribution >= 4 is 34.9 Å². The number of amides is 2. The third kappa shape index (κ3) is 8.47. The Balaban J connectivity index is 2.37. The van der Waals surface area contributed by atoms with Crippen LogP contribution in [0.1, 0.15) is 63.2 Å². The first-order valence-electron chi connectivity index (χ1n) is 11.2. The van der Waals surface area contributed by atoms with Crippen molar-refractivity contribution in [3.05, 3.63) is 47.7 Å². The van der Waals surface area contributed by atoms with Crippen molar-refractivity contribution in [3.63, 3.8) is 0 Å². The molecule has 35 heavy (non-hydrogen) atoms. The third-order valence-corrected chi connectivity index (χ3v) is 4.36. The minimum absolute atomic E-state index is 0.0410. The van der Waals surface area contributed by atoms with Crippen LogP contribution in [0.25, 0.3) is 10.9 Å². The Morgan fingerprint density at radius 3 is 2.31 bits per heavy atom. The molecular weight excluding hydrogens is 452 g/mol. The number of fused-ring (bicyclic) bond motifs is 1. The summed E-state index contributed by atoms with van der Waals surface area (Å²) in [6.07, 6.45) is 0.580. The second-order valence-electron chi connectivity index (χ2n) is 9.82. The summed E-state index contributed by atoms with van der Waals surface area (Å²) in [6.45, 7) is 14.3. The topological polar surface area (TPSA) is 143 Å². The van der Waals surface area contributed by atoms with Gasteiger partial charge in [-0.3, -0.25) is 10.7 Å². The predicted octanol–water partition coefficient (Wildman–Crippen LogP) is 4.43. The van der Waals surface area contributed by atoms with Crippen LogP contribution in [0.3, 0.4) is 0 Å². The number of H-pyrrole nitrogens is 1. The smallest absolute Gasteiger partial charge is 0.413 e. The fourth-order valence-electron chi connectivity index (χ4n) is 3.10. The van der Waals surface area contributed by atoms with E-state index >= 15 is 0 Å². The second-order valence-corrected chi connectivity index (χ2v) is 9.82. The number of alkyl carbamates (subject to hydrolysis) is 2. The van der Waals surface area contributed by atoms with Gasteiger partial charge in [0.05, 0.1) is 5.56 Å². The highest BCUT2D eigenvalue weighted by Crippen LogP contribution is 2.26. The molecule has 2 aromatic rings. The van der Waals surface area contributed by atoms with Crippen molar-refractivity contribution in [2.24, 2.45) is 0 Å². The molecule has 0 aliphatic heterocycles. The number of rotatable bonds is 7. The number of ether oxygens (including phenoxy) is 3. The molecule has 2 rings (SSSR count). The van der Waals surface area contributed by atoms with Crippen LogP contribution in [-0.4, -0.2) is 53.3 Å². The summed E-state index contributed by atoms with van der Waals surface area (Å²) < 4.78 is 15.6. The normalized spacial score (nSPS) is 11.5. The molecule has 0 atom stereocenters. The number of carbonyl (C=O) groups excluding carboxylic acids is 3. The molecule has 0 saturated carbocycles. The molecule has 1 aromatic carbocycles. The quantitative estimate of drug-likeness (QED) is 0.150. The van der Waals surface area contributed by atoms with Crippen molar-refractivity contribution in [2.45, 2.75) is 59.2 Å². The van der Waals surface area contributed by atoms with Crippen molar-refractivity contribution in [1.82, 2.24) is 15.6 Å². The summed E-state index contributed by atoms with van der Waals surface area (Å²) in [4.78, 5) is 39.9. The second kappa shape index (κ2) is 11.1. The molecule has 1 heterocycles. The molecule has 0 saturated heterocycles. The van der Waals surface area contributed by atoms with E-state index < -0.39 is 29.4 Å². The number of aromatic nitrogens is 1. The van der Waals surface area contributed by atoms with E-state index in [4.69, 9.17) is 19.6 Å². The first kappa shape index (κ1) is 27.4. The van der Waals surface area contributed by atoms with Gasteiger partial charge in [0.1, 0.15) is 29.3 Å². The van der Waals surface area contributed by atoms with Crippen LogP contribution in [0, 0.1) is 5.41 Å². The highest BCUT2D eigenvalue weighted by atomic mass is 16.6. The van der Waals surface area contributed by atoms with Gasteiger partial charge >= 0.3 is 18.2 Å². The average Bonchev–Trinajstić information content (AvgIpc) is 3.08. The maximum atomic E-state index is 12.9. The lowest BCUT2D eigenvalue weighted by molar-refractivity contribution is 0.00629. The Bertz CT molecular complexity index is 1120.